The second-order valence-corrected chi connectivity index (χ2v) is 9.48. The predicted molar refractivity (Wildman–Crippen MR) is 110 cm³/mol. The van der Waals surface area contributed by atoms with Gasteiger partial charge in [0, 0.05) is 25.4 Å². The standard InChI is InChI=1S/C22H22F2N2O3S/c1-3-20(27)26-13-11-22(12-14-26,16-7-5-4-6-8-16)21(28)25-30(2,29)19-10-9-17(23)15-18(19)24/h3-10,15H,1,11-14H2,2H3. The van der Waals surface area contributed by atoms with Gasteiger partial charge in [-0.1, -0.05) is 36.9 Å². The van der Waals surface area contributed by atoms with E-state index in [-0.39, 0.29) is 23.6 Å². The molecule has 1 unspecified atom stereocenters. The van der Waals surface area contributed by atoms with Crippen LogP contribution in [0.4, 0.5) is 8.78 Å². The van der Waals surface area contributed by atoms with Gasteiger partial charge in [-0.3, -0.25) is 9.59 Å². The summed E-state index contributed by atoms with van der Waals surface area (Å²) in [4.78, 5) is 26.6. The van der Waals surface area contributed by atoms with Crippen LogP contribution in [-0.4, -0.2) is 40.3 Å². The minimum absolute atomic E-state index is 0.228. The molecule has 1 aliphatic heterocycles. The van der Waals surface area contributed by atoms with E-state index in [1.165, 1.54) is 6.08 Å². The van der Waals surface area contributed by atoms with Crippen molar-refractivity contribution in [1.82, 2.24) is 4.90 Å². The Morgan fingerprint density at radius 3 is 2.33 bits per heavy atom. The molecule has 5 nitrogen and oxygen atoms in total. The maximum absolute atomic E-state index is 14.2. The highest BCUT2D eigenvalue weighted by atomic mass is 32.2. The molecule has 0 spiro atoms. The lowest BCUT2D eigenvalue weighted by atomic mass is 9.72. The van der Waals surface area contributed by atoms with Crippen LogP contribution >= 0.6 is 0 Å². The van der Waals surface area contributed by atoms with Crippen LogP contribution < -0.4 is 0 Å². The number of benzene rings is 2. The molecule has 30 heavy (non-hydrogen) atoms. The fourth-order valence-electron chi connectivity index (χ4n) is 3.70. The number of amides is 2. The first-order valence-corrected chi connectivity index (χ1v) is 11.3. The van der Waals surface area contributed by atoms with Gasteiger partial charge in [-0.05, 0) is 36.6 Å². The SMILES string of the molecule is C=CC(=O)N1CCC(C(=O)N=S(C)(=O)c2ccc(F)cc2F)(c2ccccc2)CC1. The molecule has 1 saturated heterocycles. The van der Waals surface area contributed by atoms with Crippen molar-refractivity contribution in [3.63, 3.8) is 0 Å². The average Bonchev–Trinajstić information content (AvgIpc) is 2.73. The van der Waals surface area contributed by atoms with Gasteiger partial charge in [0.25, 0.3) is 5.91 Å². The second-order valence-electron chi connectivity index (χ2n) is 7.25. The Morgan fingerprint density at radius 2 is 1.77 bits per heavy atom. The molecule has 1 atom stereocenters. The van der Waals surface area contributed by atoms with Gasteiger partial charge < -0.3 is 4.90 Å². The molecule has 2 amide bonds. The molecule has 158 valence electrons. The van der Waals surface area contributed by atoms with Crippen molar-refractivity contribution < 1.29 is 22.6 Å². The number of carbonyl (C=O) groups excluding carboxylic acids is 2. The van der Waals surface area contributed by atoms with Gasteiger partial charge in [-0.15, -0.1) is 0 Å². The summed E-state index contributed by atoms with van der Waals surface area (Å²) in [7, 11) is -3.45. The van der Waals surface area contributed by atoms with Gasteiger partial charge in [0.1, 0.15) is 11.6 Å². The van der Waals surface area contributed by atoms with Crippen LogP contribution in [0, 0.1) is 11.6 Å². The third-order valence-electron chi connectivity index (χ3n) is 5.40. The van der Waals surface area contributed by atoms with Gasteiger partial charge in [0.15, 0.2) is 0 Å². The summed E-state index contributed by atoms with van der Waals surface area (Å²) in [5, 5.41) is 0. The molecule has 3 rings (SSSR count). The Balaban J connectivity index is 2.03. The molecular formula is C22H22F2N2O3S. The van der Waals surface area contributed by atoms with Gasteiger partial charge in [0.05, 0.1) is 20.0 Å². The van der Waals surface area contributed by atoms with Crippen molar-refractivity contribution in [1.29, 1.82) is 0 Å². The molecule has 8 heteroatoms. The monoisotopic (exact) mass is 432 g/mol. The lowest BCUT2D eigenvalue weighted by Crippen LogP contribution is -2.48. The van der Waals surface area contributed by atoms with Gasteiger partial charge in [-0.25, -0.2) is 13.0 Å². The van der Waals surface area contributed by atoms with E-state index in [4.69, 9.17) is 0 Å². The summed E-state index contributed by atoms with van der Waals surface area (Å²) in [6, 6.07) is 11.6. The van der Waals surface area contributed by atoms with E-state index in [0.717, 1.165) is 18.4 Å². The van der Waals surface area contributed by atoms with Crippen molar-refractivity contribution in [2.45, 2.75) is 23.2 Å². The molecular weight excluding hydrogens is 410 g/mol. The van der Waals surface area contributed by atoms with Crippen LogP contribution in [0.15, 0.2) is 70.4 Å². The molecule has 0 aliphatic carbocycles. The number of piperidine rings is 1. The number of carbonyl (C=O) groups is 2. The minimum Gasteiger partial charge on any atom is -0.339 e. The van der Waals surface area contributed by atoms with Gasteiger partial charge >= 0.3 is 0 Å². The Labute approximate surface area is 174 Å². The Bertz CT molecular complexity index is 1100. The molecule has 0 aromatic heterocycles. The maximum Gasteiger partial charge on any atom is 0.264 e. The van der Waals surface area contributed by atoms with Gasteiger partial charge in [0.2, 0.25) is 5.91 Å². The summed E-state index contributed by atoms with van der Waals surface area (Å²) >= 11 is 0. The van der Waals surface area contributed by atoms with E-state index >= 15 is 0 Å². The predicted octanol–water partition coefficient (Wildman–Crippen LogP) is 3.69. The lowest BCUT2D eigenvalue weighted by molar-refractivity contribution is -0.132. The molecule has 0 saturated carbocycles. The number of hydrogen-bond donors (Lipinski definition) is 0. The van der Waals surface area contributed by atoms with Crippen molar-refractivity contribution in [2.75, 3.05) is 19.3 Å². The zero-order valence-corrected chi connectivity index (χ0v) is 17.3. The topological polar surface area (TPSA) is 66.8 Å². The number of nitrogens with zero attached hydrogens (tertiary/aromatic N) is 2. The summed E-state index contributed by atoms with van der Waals surface area (Å²) < 4.78 is 44.5. The van der Waals surface area contributed by atoms with E-state index < -0.39 is 32.7 Å². The van der Waals surface area contributed by atoms with Crippen LogP contribution in [0.2, 0.25) is 0 Å². The van der Waals surface area contributed by atoms with Crippen LogP contribution in [0.3, 0.4) is 0 Å². The average molecular weight is 432 g/mol. The number of hydrogen-bond acceptors (Lipinski definition) is 3. The summed E-state index contributed by atoms with van der Waals surface area (Å²) in [5.74, 6) is -2.69. The normalized spacial score (nSPS) is 17.6. The Hall–Kier alpha value is -2.87. The van der Waals surface area contributed by atoms with Crippen molar-refractivity contribution in [3.05, 3.63) is 78.4 Å². The number of likely N-dealkylation sites (tertiary alicyclic amines) is 1. The van der Waals surface area contributed by atoms with Crippen molar-refractivity contribution in [2.24, 2.45) is 4.36 Å². The Kier molecular flexibility index (Phi) is 6.17. The smallest absolute Gasteiger partial charge is 0.264 e. The van der Waals surface area contributed by atoms with Crippen LogP contribution in [-0.2, 0) is 24.7 Å². The summed E-state index contributed by atoms with van der Waals surface area (Å²) in [5.41, 5.74) is -0.395. The molecule has 1 aliphatic rings. The molecule has 0 N–H and O–H groups in total. The first-order chi connectivity index (χ1) is 14.2. The maximum atomic E-state index is 14.2. The van der Waals surface area contributed by atoms with Crippen LogP contribution in [0.25, 0.3) is 0 Å². The second kappa shape index (κ2) is 8.47. The van der Waals surface area contributed by atoms with Crippen molar-refractivity contribution >= 4 is 21.5 Å². The third kappa shape index (κ3) is 4.18. The third-order valence-corrected chi connectivity index (χ3v) is 7.06. The van der Waals surface area contributed by atoms with Crippen LogP contribution in [0.5, 0.6) is 0 Å². The number of halogens is 2. The van der Waals surface area contributed by atoms with E-state index in [9.17, 15) is 22.6 Å². The van der Waals surface area contributed by atoms with E-state index in [1.807, 2.05) is 6.07 Å². The summed E-state index contributed by atoms with van der Waals surface area (Å²) in [6.45, 7) is 4.09. The first-order valence-electron chi connectivity index (χ1n) is 9.38. The molecule has 2 aromatic rings. The van der Waals surface area contributed by atoms with E-state index in [2.05, 4.69) is 10.9 Å². The fraction of sp³-hybridized carbons (Fsp3) is 0.273. The number of rotatable bonds is 4. The molecule has 1 heterocycles. The Morgan fingerprint density at radius 1 is 1.13 bits per heavy atom. The molecule has 1 fully saturated rings. The molecule has 2 aromatic carbocycles. The lowest BCUT2D eigenvalue weighted by Gasteiger charge is -2.39. The van der Waals surface area contributed by atoms with E-state index in [0.29, 0.717) is 24.7 Å². The first kappa shape index (κ1) is 21.8. The molecule has 0 radical (unpaired) electrons. The highest BCUT2D eigenvalue weighted by Crippen LogP contribution is 2.37. The fourth-order valence-corrected chi connectivity index (χ4v) is 5.03. The zero-order valence-electron chi connectivity index (χ0n) is 16.5. The highest BCUT2D eigenvalue weighted by Gasteiger charge is 2.44. The summed E-state index contributed by atoms with van der Waals surface area (Å²) in [6.07, 6.45) is 2.94. The van der Waals surface area contributed by atoms with Crippen molar-refractivity contribution in [3.8, 4) is 0 Å². The van der Waals surface area contributed by atoms with Gasteiger partial charge in [-0.2, -0.15) is 4.36 Å². The zero-order chi connectivity index (χ0) is 21.9. The quantitative estimate of drug-likeness (QED) is 0.692. The highest BCUT2D eigenvalue weighted by molar-refractivity contribution is 7.93. The largest absolute Gasteiger partial charge is 0.339 e. The minimum atomic E-state index is -3.45. The van der Waals surface area contributed by atoms with Crippen LogP contribution in [0.1, 0.15) is 18.4 Å². The molecule has 0 bridgehead atoms. The van der Waals surface area contributed by atoms with E-state index in [1.54, 1.807) is 29.2 Å².